The van der Waals surface area contributed by atoms with Crippen molar-refractivity contribution >= 4 is 12.4 Å². The van der Waals surface area contributed by atoms with Crippen molar-refractivity contribution in [3.05, 3.63) is 10.4 Å². The number of nitrogens with two attached hydrogens (primary N) is 1. The second-order valence-corrected chi connectivity index (χ2v) is 2.51. The number of hydrogen-bond donors (Lipinski definition) is 1. The van der Waals surface area contributed by atoms with Crippen LogP contribution in [0, 0.1) is 5.92 Å². The molecule has 58 valence electrons. The summed E-state index contributed by atoms with van der Waals surface area (Å²) in [6, 6.07) is 0.365. The van der Waals surface area contributed by atoms with Crippen molar-refractivity contribution in [3.8, 4) is 0 Å². The van der Waals surface area contributed by atoms with Gasteiger partial charge in [0.2, 0.25) is 0 Å². The molecule has 1 aliphatic carbocycles. The second-order valence-electron chi connectivity index (χ2n) is 2.51. The Labute approximate surface area is 65.8 Å². The first kappa shape index (κ1) is 9.56. The van der Waals surface area contributed by atoms with Gasteiger partial charge in [0.05, 0.1) is 0 Å². The molecule has 0 aromatic heterocycles. The topological polar surface area (TPSA) is 74.8 Å². The molecule has 1 fully saturated rings. The molecule has 0 saturated heterocycles. The minimum absolute atomic E-state index is 0. The van der Waals surface area contributed by atoms with Gasteiger partial charge in [0.15, 0.2) is 0 Å². The summed E-state index contributed by atoms with van der Waals surface area (Å²) in [6.07, 6.45) is 2.05. The largest absolute Gasteiger partial charge is 0.328 e. The summed E-state index contributed by atoms with van der Waals surface area (Å²) < 4.78 is 0. The lowest BCUT2D eigenvalue weighted by Gasteiger charge is -2.30. The zero-order valence-electron chi connectivity index (χ0n) is 5.60. The van der Waals surface area contributed by atoms with Gasteiger partial charge in [-0.2, -0.15) is 0 Å². The van der Waals surface area contributed by atoms with Crippen molar-refractivity contribution in [1.82, 2.24) is 0 Å². The summed E-state index contributed by atoms with van der Waals surface area (Å²) in [6.45, 7) is 0.629. The van der Waals surface area contributed by atoms with Crippen LogP contribution >= 0.6 is 12.4 Å². The number of hydrogen-bond acceptors (Lipinski definition) is 2. The highest BCUT2D eigenvalue weighted by Gasteiger charge is 2.24. The van der Waals surface area contributed by atoms with E-state index in [2.05, 4.69) is 10.0 Å². The van der Waals surface area contributed by atoms with Crippen LogP contribution in [0.25, 0.3) is 10.4 Å². The number of rotatable bonds is 2. The molecule has 0 aromatic rings. The molecule has 0 radical (unpaired) electrons. The van der Waals surface area contributed by atoms with Gasteiger partial charge in [-0.3, -0.25) is 0 Å². The molecule has 0 atom stereocenters. The van der Waals surface area contributed by atoms with Gasteiger partial charge in [-0.1, -0.05) is 5.11 Å². The van der Waals surface area contributed by atoms with E-state index in [1.54, 1.807) is 0 Å². The van der Waals surface area contributed by atoms with Gasteiger partial charge >= 0.3 is 0 Å². The Bertz CT molecular complexity index is 137. The summed E-state index contributed by atoms with van der Waals surface area (Å²) in [5, 5.41) is 3.45. The third-order valence-electron chi connectivity index (χ3n) is 1.68. The lowest BCUT2D eigenvalue weighted by Crippen LogP contribution is -2.37. The molecular formula is C5H11ClN4. The summed E-state index contributed by atoms with van der Waals surface area (Å²) in [5.41, 5.74) is 13.4. The fourth-order valence-corrected chi connectivity index (χ4v) is 1.09. The van der Waals surface area contributed by atoms with Crippen LogP contribution in [-0.2, 0) is 0 Å². The van der Waals surface area contributed by atoms with Gasteiger partial charge in [-0.15, -0.1) is 12.4 Å². The van der Waals surface area contributed by atoms with Gasteiger partial charge < -0.3 is 5.73 Å². The first-order chi connectivity index (χ1) is 4.33. The summed E-state index contributed by atoms with van der Waals surface area (Å²) >= 11 is 0. The van der Waals surface area contributed by atoms with Crippen molar-refractivity contribution in [1.29, 1.82) is 0 Å². The van der Waals surface area contributed by atoms with Crippen LogP contribution in [0.2, 0.25) is 0 Å². The van der Waals surface area contributed by atoms with Crippen LogP contribution in [0.3, 0.4) is 0 Å². The Morgan fingerprint density at radius 2 is 2.20 bits per heavy atom. The van der Waals surface area contributed by atoms with Crippen LogP contribution < -0.4 is 5.73 Å². The third-order valence-corrected chi connectivity index (χ3v) is 1.68. The minimum atomic E-state index is 0. The van der Waals surface area contributed by atoms with E-state index in [9.17, 15) is 0 Å². The monoisotopic (exact) mass is 162 g/mol. The van der Waals surface area contributed by atoms with Crippen molar-refractivity contribution in [2.45, 2.75) is 18.9 Å². The lowest BCUT2D eigenvalue weighted by atomic mass is 9.81. The summed E-state index contributed by atoms with van der Waals surface area (Å²) in [4.78, 5) is 2.67. The van der Waals surface area contributed by atoms with E-state index in [1.165, 1.54) is 0 Å². The van der Waals surface area contributed by atoms with E-state index in [0.29, 0.717) is 18.5 Å². The number of halogens is 1. The van der Waals surface area contributed by atoms with Gasteiger partial charge in [0, 0.05) is 17.5 Å². The molecule has 0 spiro atoms. The Hall–Kier alpha value is -0.440. The van der Waals surface area contributed by atoms with Crippen molar-refractivity contribution in [2.75, 3.05) is 6.54 Å². The maximum absolute atomic E-state index is 7.93. The minimum Gasteiger partial charge on any atom is -0.328 e. The molecule has 5 heteroatoms. The molecule has 1 rings (SSSR count). The molecule has 2 N–H and O–H groups in total. The van der Waals surface area contributed by atoms with Gasteiger partial charge in [-0.05, 0) is 24.3 Å². The highest BCUT2D eigenvalue weighted by atomic mass is 35.5. The standard InChI is InChI=1S/C5H10N4.ClH/c6-5-1-4(2-5)3-8-9-7;/h4-5H,1-3,6H2;1H. The maximum atomic E-state index is 7.93. The first-order valence-electron chi connectivity index (χ1n) is 3.09. The van der Waals surface area contributed by atoms with Crippen LogP contribution in [-0.4, -0.2) is 12.6 Å². The van der Waals surface area contributed by atoms with Crippen LogP contribution in [0.5, 0.6) is 0 Å². The first-order valence-corrected chi connectivity index (χ1v) is 3.09. The fourth-order valence-electron chi connectivity index (χ4n) is 1.09. The third kappa shape index (κ3) is 2.43. The van der Waals surface area contributed by atoms with Crippen LogP contribution in [0.15, 0.2) is 5.11 Å². The molecular weight excluding hydrogens is 152 g/mol. The molecule has 0 amide bonds. The average Bonchev–Trinajstić information content (AvgIpc) is 1.78. The molecule has 0 heterocycles. The normalized spacial score (nSPS) is 29.3. The molecule has 4 nitrogen and oxygen atoms in total. The number of nitrogens with zero attached hydrogens (tertiary/aromatic N) is 3. The molecule has 1 saturated carbocycles. The highest BCUT2D eigenvalue weighted by Crippen LogP contribution is 2.25. The SMILES string of the molecule is Cl.[N-]=[N+]=NCC1CC(N)C1. The Morgan fingerprint density at radius 1 is 1.60 bits per heavy atom. The van der Waals surface area contributed by atoms with Crippen LogP contribution in [0.1, 0.15) is 12.8 Å². The van der Waals surface area contributed by atoms with Gasteiger partial charge in [0.1, 0.15) is 0 Å². The Kier molecular flexibility index (Phi) is 4.19. The number of azide groups is 1. The molecule has 0 aromatic carbocycles. The summed E-state index contributed by atoms with van der Waals surface area (Å²) in [5.74, 6) is 0.566. The zero-order chi connectivity index (χ0) is 6.69. The molecule has 10 heavy (non-hydrogen) atoms. The molecule has 1 aliphatic rings. The van der Waals surface area contributed by atoms with E-state index >= 15 is 0 Å². The predicted molar refractivity (Wildman–Crippen MR) is 42.0 cm³/mol. The molecule has 0 aliphatic heterocycles. The Balaban J connectivity index is 0.000000810. The van der Waals surface area contributed by atoms with E-state index in [-0.39, 0.29) is 12.4 Å². The quantitative estimate of drug-likeness (QED) is 0.373. The van der Waals surface area contributed by atoms with E-state index in [4.69, 9.17) is 11.3 Å². The van der Waals surface area contributed by atoms with E-state index in [0.717, 1.165) is 12.8 Å². The van der Waals surface area contributed by atoms with E-state index in [1.807, 2.05) is 0 Å². The summed E-state index contributed by atoms with van der Waals surface area (Å²) in [7, 11) is 0. The molecule has 0 bridgehead atoms. The smallest absolute Gasteiger partial charge is 0.0287 e. The van der Waals surface area contributed by atoms with E-state index < -0.39 is 0 Å². The lowest BCUT2D eigenvalue weighted by molar-refractivity contribution is 0.274. The average molecular weight is 163 g/mol. The second kappa shape index (κ2) is 4.39. The highest BCUT2D eigenvalue weighted by molar-refractivity contribution is 5.85. The van der Waals surface area contributed by atoms with Crippen LogP contribution in [0.4, 0.5) is 0 Å². The van der Waals surface area contributed by atoms with Crippen molar-refractivity contribution < 1.29 is 0 Å². The Morgan fingerprint density at radius 3 is 2.60 bits per heavy atom. The van der Waals surface area contributed by atoms with Crippen molar-refractivity contribution in [3.63, 3.8) is 0 Å². The fraction of sp³-hybridized carbons (Fsp3) is 1.00. The molecule has 0 unspecified atom stereocenters. The van der Waals surface area contributed by atoms with Crippen molar-refractivity contribution in [2.24, 2.45) is 16.8 Å². The van der Waals surface area contributed by atoms with Gasteiger partial charge in [0.25, 0.3) is 0 Å². The zero-order valence-corrected chi connectivity index (χ0v) is 6.42. The predicted octanol–water partition coefficient (Wildman–Crippen LogP) is 1.46. The van der Waals surface area contributed by atoms with Gasteiger partial charge in [-0.25, -0.2) is 0 Å². The maximum Gasteiger partial charge on any atom is 0.0287 e.